The number of rotatable bonds is 5. The van der Waals surface area contributed by atoms with Crippen molar-refractivity contribution in [2.45, 2.75) is 19.8 Å². The molecule has 0 radical (unpaired) electrons. The van der Waals surface area contributed by atoms with Crippen molar-refractivity contribution < 1.29 is 14.3 Å². The fourth-order valence-corrected chi connectivity index (χ4v) is 0.905. The molecule has 0 amide bonds. The van der Waals surface area contributed by atoms with Gasteiger partial charge in [0, 0.05) is 0 Å². The molecule has 0 aliphatic heterocycles. The molecule has 1 aromatic carbocycles. The quantitative estimate of drug-likeness (QED) is 0.511. The number of benzene rings is 1. The molecule has 70 valence electrons. The lowest BCUT2D eigenvalue weighted by molar-refractivity contribution is -0.161. The van der Waals surface area contributed by atoms with E-state index in [1.165, 1.54) is 0 Å². The summed E-state index contributed by atoms with van der Waals surface area (Å²) in [6, 6.07) is 9.71. The van der Waals surface area contributed by atoms with Gasteiger partial charge >= 0.3 is 0 Å². The van der Waals surface area contributed by atoms with E-state index in [0.717, 1.165) is 5.56 Å². The lowest BCUT2D eigenvalue weighted by Gasteiger charge is -2.10. The van der Waals surface area contributed by atoms with Crippen molar-refractivity contribution in [3.63, 3.8) is 0 Å². The molecule has 0 heterocycles. The Morgan fingerprint density at radius 1 is 1.38 bits per heavy atom. The van der Waals surface area contributed by atoms with Crippen LogP contribution >= 0.6 is 0 Å². The minimum Gasteiger partial charge on any atom is -0.438 e. The molecule has 0 saturated carbocycles. The summed E-state index contributed by atoms with van der Waals surface area (Å²) in [6.07, 6.45) is -0.488. The predicted molar refractivity (Wildman–Crippen MR) is 47.8 cm³/mol. The normalized spacial score (nSPS) is 12.1. The Kier molecular flexibility index (Phi) is 3.99. The first kappa shape index (κ1) is 9.74. The molecule has 0 bridgehead atoms. The molecule has 0 spiro atoms. The number of hydrogen-bond acceptors (Lipinski definition) is 3. The van der Waals surface area contributed by atoms with Crippen LogP contribution in [0.5, 0.6) is 0 Å². The third-order valence-electron chi connectivity index (χ3n) is 1.57. The van der Waals surface area contributed by atoms with Crippen LogP contribution in [0.2, 0.25) is 0 Å². The highest BCUT2D eigenvalue weighted by Gasteiger charge is 2.00. The summed E-state index contributed by atoms with van der Waals surface area (Å²) in [5.41, 5.74) is 1.06. The van der Waals surface area contributed by atoms with Gasteiger partial charge in [0.05, 0.1) is 6.61 Å². The molecule has 1 aromatic rings. The fourth-order valence-electron chi connectivity index (χ4n) is 0.905. The van der Waals surface area contributed by atoms with Gasteiger partial charge in [-0.1, -0.05) is 30.3 Å². The van der Waals surface area contributed by atoms with E-state index >= 15 is 0 Å². The van der Waals surface area contributed by atoms with Crippen LogP contribution < -0.4 is 0 Å². The van der Waals surface area contributed by atoms with Gasteiger partial charge in [-0.05, 0) is 12.5 Å². The summed E-state index contributed by atoms with van der Waals surface area (Å²) in [5, 5.41) is 0. The van der Waals surface area contributed by atoms with Crippen LogP contribution in [0.4, 0.5) is 0 Å². The summed E-state index contributed by atoms with van der Waals surface area (Å²) in [7, 11) is 0. The summed E-state index contributed by atoms with van der Waals surface area (Å²) in [6.45, 7) is 2.52. The topological polar surface area (TPSA) is 35.5 Å². The summed E-state index contributed by atoms with van der Waals surface area (Å²) in [4.78, 5) is 9.92. The minimum absolute atomic E-state index is 0.385. The SMILES string of the molecule is CC(OC=O)OCc1ccccc1. The second-order valence-corrected chi connectivity index (χ2v) is 2.60. The van der Waals surface area contributed by atoms with Crippen LogP contribution in [0.25, 0.3) is 0 Å². The van der Waals surface area contributed by atoms with E-state index in [0.29, 0.717) is 13.1 Å². The van der Waals surface area contributed by atoms with E-state index in [2.05, 4.69) is 4.74 Å². The van der Waals surface area contributed by atoms with E-state index in [4.69, 9.17) is 4.74 Å². The maximum Gasteiger partial charge on any atom is 0.295 e. The second-order valence-electron chi connectivity index (χ2n) is 2.60. The first-order valence-electron chi connectivity index (χ1n) is 4.07. The Bertz CT molecular complexity index is 246. The Hall–Kier alpha value is -1.35. The van der Waals surface area contributed by atoms with Crippen molar-refractivity contribution in [3.8, 4) is 0 Å². The molecular weight excluding hydrogens is 168 g/mol. The number of carbonyl (C=O) groups is 1. The van der Waals surface area contributed by atoms with Crippen LogP contribution in [-0.4, -0.2) is 12.8 Å². The zero-order valence-electron chi connectivity index (χ0n) is 7.47. The van der Waals surface area contributed by atoms with E-state index in [-0.39, 0.29) is 0 Å². The molecule has 0 aliphatic carbocycles. The molecule has 0 saturated heterocycles. The highest BCUT2D eigenvalue weighted by molar-refractivity contribution is 5.37. The molecule has 0 fully saturated rings. The van der Waals surface area contributed by atoms with Gasteiger partial charge in [-0.2, -0.15) is 0 Å². The zero-order chi connectivity index (χ0) is 9.52. The smallest absolute Gasteiger partial charge is 0.295 e. The Morgan fingerprint density at radius 3 is 2.69 bits per heavy atom. The fraction of sp³-hybridized carbons (Fsp3) is 0.300. The highest BCUT2D eigenvalue weighted by atomic mass is 16.7. The lowest BCUT2D eigenvalue weighted by Crippen LogP contribution is -2.11. The van der Waals surface area contributed by atoms with Crippen molar-refractivity contribution in [3.05, 3.63) is 35.9 Å². The van der Waals surface area contributed by atoms with Crippen LogP contribution in [0.3, 0.4) is 0 Å². The van der Waals surface area contributed by atoms with Crippen LogP contribution in [0.1, 0.15) is 12.5 Å². The number of hydrogen-bond donors (Lipinski definition) is 0. The molecule has 3 nitrogen and oxygen atoms in total. The molecule has 1 atom stereocenters. The molecule has 3 heteroatoms. The first-order valence-corrected chi connectivity index (χ1v) is 4.07. The third kappa shape index (κ3) is 3.71. The van der Waals surface area contributed by atoms with Crippen LogP contribution in [0.15, 0.2) is 30.3 Å². The van der Waals surface area contributed by atoms with Crippen molar-refractivity contribution in [2.24, 2.45) is 0 Å². The van der Waals surface area contributed by atoms with Gasteiger partial charge in [0.1, 0.15) is 0 Å². The zero-order valence-corrected chi connectivity index (χ0v) is 7.47. The van der Waals surface area contributed by atoms with Crippen molar-refractivity contribution in [1.29, 1.82) is 0 Å². The monoisotopic (exact) mass is 180 g/mol. The van der Waals surface area contributed by atoms with Gasteiger partial charge in [0.2, 0.25) is 0 Å². The van der Waals surface area contributed by atoms with Crippen molar-refractivity contribution >= 4 is 6.47 Å². The van der Waals surface area contributed by atoms with Gasteiger partial charge in [-0.25, -0.2) is 0 Å². The molecule has 1 unspecified atom stereocenters. The molecule has 1 rings (SSSR count). The molecule has 13 heavy (non-hydrogen) atoms. The van der Waals surface area contributed by atoms with E-state index < -0.39 is 6.29 Å². The maximum absolute atomic E-state index is 9.92. The molecule has 0 aliphatic rings. The van der Waals surface area contributed by atoms with Gasteiger partial charge in [0.25, 0.3) is 6.47 Å². The van der Waals surface area contributed by atoms with Gasteiger partial charge < -0.3 is 9.47 Å². The van der Waals surface area contributed by atoms with E-state index in [1.807, 2.05) is 30.3 Å². The second kappa shape index (κ2) is 5.32. The summed E-state index contributed by atoms with van der Waals surface area (Å²) in [5.74, 6) is 0. The van der Waals surface area contributed by atoms with Crippen LogP contribution in [-0.2, 0) is 20.9 Å². The molecular formula is C10H12O3. The Balaban J connectivity index is 2.30. The summed E-state index contributed by atoms with van der Waals surface area (Å²) >= 11 is 0. The third-order valence-corrected chi connectivity index (χ3v) is 1.57. The average molecular weight is 180 g/mol. The highest BCUT2D eigenvalue weighted by Crippen LogP contribution is 2.02. The van der Waals surface area contributed by atoms with E-state index in [1.54, 1.807) is 6.92 Å². The van der Waals surface area contributed by atoms with Crippen molar-refractivity contribution in [2.75, 3.05) is 0 Å². The largest absolute Gasteiger partial charge is 0.438 e. The number of ether oxygens (including phenoxy) is 2. The minimum atomic E-state index is -0.488. The lowest BCUT2D eigenvalue weighted by atomic mass is 10.2. The standard InChI is InChI=1S/C10H12O3/c1-9(13-8-11)12-7-10-5-3-2-4-6-10/h2-6,8-9H,7H2,1H3. The Morgan fingerprint density at radius 2 is 2.08 bits per heavy atom. The van der Waals surface area contributed by atoms with Crippen molar-refractivity contribution in [1.82, 2.24) is 0 Å². The number of carbonyl (C=O) groups excluding carboxylic acids is 1. The van der Waals surface area contributed by atoms with Gasteiger partial charge in [-0.3, -0.25) is 4.79 Å². The predicted octanol–water partition coefficient (Wildman–Crippen LogP) is 1.72. The van der Waals surface area contributed by atoms with E-state index in [9.17, 15) is 4.79 Å². The Labute approximate surface area is 77.3 Å². The molecule has 0 N–H and O–H groups in total. The maximum atomic E-state index is 9.92. The van der Waals surface area contributed by atoms with Crippen LogP contribution in [0, 0.1) is 0 Å². The average Bonchev–Trinajstić information content (AvgIpc) is 2.17. The molecule has 0 aromatic heterocycles. The van der Waals surface area contributed by atoms with Gasteiger partial charge in [0.15, 0.2) is 6.29 Å². The summed E-state index contributed by atoms with van der Waals surface area (Å²) < 4.78 is 9.78. The van der Waals surface area contributed by atoms with Gasteiger partial charge in [-0.15, -0.1) is 0 Å². The first-order chi connectivity index (χ1) is 6.33.